The number of nitriles is 3. The summed E-state index contributed by atoms with van der Waals surface area (Å²) in [5.41, 5.74) is 4.29. The van der Waals surface area contributed by atoms with Crippen LogP contribution in [-0.2, 0) is 4.74 Å². The maximum Gasteiger partial charge on any atom is 0.207 e. The Kier molecular flexibility index (Phi) is 3.36. The van der Waals surface area contributed by atoms with Crippen LogP contribution < -0.4 is 5.73 Å². The molecule has 0 atom stereocenters. The predicted molar refractivity (Wildman–Crippen MR) is 71.0 cm³/mol. The first-order valence-electron chi connectivity index (χ1n) is 5.46. The lowest BCUT2D eigenvalue weighted by Gasteiger charge is -2.23. The molecule has 6 heteroatoms. The van der Waals surface area contributed by atoms with Crippen LogP contribution in [0, 0.1) is 39.4 Å². The summed E-state index contributed by atoms with van der Waals surface area (Å²) >= 11 is 5.79. The summed E-state index contributed by atoms with van der Waals surface area (Å²) in [6.07, 6.45) is 1.28. The fourth-order valence-electron chi connectivity index (χ4n) is 1.76. The average molecular weight is 283 g/mol. The minimum Gasteiger partial charge on any atom is -0.440 e. The van der Waals surface area contributed by atoms with Gasteiger partial charge in [0.1, 0.15) is 17.4 Å². The lowest BCUT2D eigenvalue weighted by atomic mass is 9.81. The van der Waals surface area contributed by atoms with E-state index >= 15 is 0 Å². The molecule has 0 amide bonds. The van der Waals surface area contributed by atoms with Gasteiger partial charge in [-0.1, -0.05) is 11.6 Å². The normalized spacial score (nSPS) is 16.2. The highest BCUT2D eigenvalue weighted by atomic mass is 35.5. The van der Waals surface area contributed by atoms with E-state index in [0.29, 0.717) is 10.6 Å². The van der Waals surface area contributed by atoms with E-state index in [9.17, 15) is 10.5 Å². The quantitative estimate of drug-likeness (QED) is 0.851. The summed E-state index contributed by atoms with van der Waals surface area (Å²) in [6, 6.07) is 12.0. The zero-order valence-electron chi connectivity index (χ0n) is 10.1. The van der Waals surface area contributed by atoms with Crippen LogP contribution in [0.3, 0.4) is 0 Å². The zero-order valence-corrected chi connectivity index (χ0v) is 10.8. The molecule has 20 heavy (non-hydrogen) atoms. The van der Waals surface area contributed by atoms with E-state index in [2.05, 4.69) is 0 Å². The van der Waals surface area contributed by atoms with Gasteiger partial charge in [-0.3, -0.25) is 0 Å². The van der Waals surface area contributed by atoms with Crippen LogP contribution in [0.2, 0.25) is 5.02 Å². The van der Waals surface area contributed by atoms with Gasteiger partial charge in [0.05, 0.1) is 12.1 Å². The fourth-order valence-corrected chi connectivity index (χ4v) is 1.89. The van der Waals surface area contributed by atoms with E-state index < -0.39 is 5.41 Å². The number of ether oxygens (including phenoxy) is 1. The van der Waals surface area contributed by atoms with Crippen molar-refractivity contribution in [2.24, 2.45) is 11.1 Å². The Labute approximate surface area is 120 Å². The molecule has 0 aromatic heterocycles. The number of hydrogen-bond acceptors (Lipinski definition) is 5. The Hall–Kier alpha value is -2.94. The largest absolute Gasteiger partial charge is 0.440 e. The highest BCUT2D eigenvalue weighted by molar-refractivity contribution is 6.30. The van der Waals surface area contributed by atoms with Gasteiger partial charge in [-0.25, -0.2) is 0 Å². The average Bonchev–Trinajstić information content (AvgIpc) is 2.47. The standard InChI is InChI=1S/C14H7ClN4O/c15-10-3-1-9(2-4-10)12-5-14(7-17,8-18)11(6-16)13(19)20-12/h1-5H,19H2. The van der Waals surface area contributed by atoms with Crippen molar-refractivity contribution in [3.63, 3.8) is 0 Å². The first-order valence-corrected chi connectivity index (χ1v) is 5.83. The third-order valence-electron chi connectivity index (χ3n) is 2.80. The summed E-state index contributed by atoms with van der Waals surface area (Å²) in [7, 11) is 0. The number of hydrogen-bond donors (Lipinski definition) is 1. The highest BCUT2D eigenvalue weighted by Gasteiger charge is 2.40. The molecule has 1 aliphatic heterocycles. The van der Waals surface area contributed by atoms with Crippen LogP contribution in [0.4, 0.5) is 0 Å². The van der Waals surface area contributed by atoms with Gasteiger partial charge >= 0.3 is 0 Å². The molecular formula is C14H7ClN4O. The second-order valence-electron chi connectivity index (χ2n) is 4.00. The maximum atomic E-state index is 9.24. The van der Waals surface area contributed by atoms with Crippen LogP contribution >= 0.6 is 11.6 Å². The van der Waals surface area contributed by atoms with Gasteiger partial charge in [0.25, 0.3) is 0 Å². The molecule has 1 aromatic rings. The molecule has 1 heterocycles. The lowest BCUT2D eigenvalue weighted by Crippen LogP contribution is -2.25. The second-order valence-corrected chi connectivity index (χ2v) is 4.44. The smallest absolute Gasteiger partial charge is 0.207 e. The van der Waals surface area contributed by atoms with Crippen molar-refractivity contribution >= 4 is 17.4 Å². The van der Waals surface area contributed by atoms with Crippen LogP contribution in [-0.4, -0.2) is 0 Å². The molecule has 0 aliphatic carbocycles. The van der Waals surface area contributed by atoms with E-state index in [1.165, 1.54) is 6.08 Å². The van der Waals surface area contributed by atoms with Gasteiger partial charge < -0.3 is 10.5 Å². The fraction of sp³-hybridized carbons (Fsp3) is 0.0714. The van der Waals surface area contributed by atoms with Crippen molar-refractivity contribution < 1.29 is 4.74 Å². The van der Waals surface area contributed by atoms with E-state index in [-0.39, 0.29) is 17.2 Å². The second kappa shape index (κ2) is 4.97. The molecule has 0 spiro atoms. The maximum absolute atomic E-state index is 9.24. The summed E-state index contributed by atoms with van der Waals surface area (Å²) in [4.78, 5) is 0. The van der Waals surface area contributed by atoms with Crippen molar-refractivity contribution in [2.45, 2.75) is 0 Å². The van der Waals surface area contributed by atoms with Gasteiger partial charge in [-0.05, 0) is 30.3 Å². The minimum absolute atomic E-state index is 0.208. The Morgan fingerprint density at radius 2 is 1.70 bits per heavy atom. The first-order chi connectivity index (χ1) is 9.56. The van der Waals surface area contributed by atoms with Gasteiger partial charge in [-0.15, -0.1) is 0 Å². The van der Waals surface area contributed by atoms with Gasteiger partial charge in [0.15, 0.2) is 0 Å². The molecule has 1 aliphatic rings. The molecule has 0 fully saturated rings. The topological polar surface area (TPSA) is 107 Å². The van der Waals surface area contributed by atoms with E-state index in [1.54, 1.807) is 42.5 Å². The van der Waals surface area contributed by atoms with Gasteiger partial charge in [0.2, 0.25) is 11.3 Å². The van der Waals surface area contributed by atoms with Crippen LogP contribution in [0.5, 0.6) is 0 Å². The lowest BCUT2D eigenvalue weighted by molar-refractivity contribution is 0.352. The van der Waals surface area contributed by atoms with Crippen molar-refractivity contribution in [3.05, 3.63) is 52.4 Å². The molecule has 0 saturated heterocycles. The number of allylic oxidation sites excluding steroid dienone is 2. The number of nitrogens with two attached hydrogens (primary N) is 1. The molecule has 0 bridgehead atoms. The van der Waals surface area contributed by atoms with E-state index in [1.807, 2.05) is 0 Å². The summed E-state index contributed by atoms with van der Waals surface area (Å²) in [5.74, 6) is -0.00989. The predicted octanol–water partition coefficient (Wildman–Crippen LogP) is 2.44. The Morgan fingerprint density at radius 1 is 1.10 bits per heavy atom. The minimum atomic E-state index is -1.74. The molecule has 1 aromatic carbocycles. The molecule has 2 N–H and O–H groups in total. The first kappa shape index (κ1) is 13.5. The summed E-state index contributed by atoms with van der Waals surface area (Å²) in [6.45, 7) is 0. The van der Waals surface area contributed by atoms with Crippen LogP contribution in [0.25, 0.3) is 5.76 Å². The number of benzene rings is 1. The van der Waals surface area contributed by atoms with E-state index in [4.69, 9.17) is 27.3 Å². The zero-order chi connectivity index (χ0) is 14.8. The Balaban J connectivity index is 2.58. The van der Waals surface area contributed by atoms with Gasteiger partial charge in [-0.2, -0.15) is 15.8 Å². The van der Waals surface area contributed by atoms with Crippen LogP contribution in [0.15, 0.2) is 41.8 Å². The molecular weight excluding hydrogens is 276 g/mol. The molecule has 2 rings (SSSR count). The van der Waals surface area contributed by atoms with E-state index in [0.717, 1.165) is 0 Å². The van der Waals surface area contributed by atoms with Crippen molar-refractivity contribution in [3.8, 4) is 18.2 Å². The number of rotatable bonds is 1. The van der Waals surface area contributed by atoms with Crippen molar-refractivity contribution in [1.82, 2.24) is 0 Å². The SMILES string of the molecule is N#CC1=C(N)OC(c2ccc(Cl)cc2)=CC1(C#N)C#N. The Morgan fingerprint density at radius 3 is 2.20 bits per heavy atom. The van der Waals surface area contributed by atoms with Gasteiger partial charge in [0, 0.05) is 10.6 Å². The monoisotopic (exact) mass is 282 g/mol. The number of halogens is 1. The molecule has 5 nitrogen and oxygen atoms in total. The molecule has 96 valence electrons. The summed E-state index contributed by atoms with van der Waals surface area (Å²) in [5, 5.41) is 28.0. The van der Waals surface area contributed by atoms with Crippen molar-refractivity contribution in [1.29, 1.82) is 15.8 Å². The third-order valence-corrected chi connectivity index (χ3v) is 3.05. The molecule has 0 saturated carbocycles. The highest BCUT2D eigenvalue weighted by Crippen LogP contribution is 2.38. The Bertz CT molecular complexity index is 727. The summed E-state index contributed by atoms with van der Waals surface area (Å²) < 4.78 is 5.33. The number of nitrogens with zero attached hydrogens (tertiary/aromatic N) is 3. The van der Waals surface area contributed by atoms with Crippen LogP contribution in [0.1, 0.15) is 5.56 Å². The van der Waals surface area contributed by atoms with Crippen molar-refractivity contribution in [2.75, 3.05) is 0 Å². The molecule has 0 unspecified atom stereocenters. The third kappa shape index (κ3) is 2.06. The molecule has 0 radical (unpaired) electrons.